The first kappa shape index (κ1) is 11.3. The molecule has 0 aromatic carbocycles. The van der Waals surface area contributed by atoms with Crippen LogP contribution in [-0.2, 0) is 9.47 Å². The Morgan fingerprint density at radius 2 is 2.00 bits per heavy atom. The van der Waals surface area contributed by atoms with Crippen LogP contribution in [0.25, 0.3) is 0 Å². The first-order chi connectivity index (χ1) is 6.27. The fourth-order valence-corrected chi connectivity index (χ4v) is 2.65. The van der Waals surface area contributed by atoms with Gasteiger partial charge in [-0.2, -0.15) is 11.8 Å². The van der Waals surface area contributed by atoms with Crippen molar-refractivity contribution in [1.82, 2.24) is 0 Å². The Morgan fingerprint density at radius 1 is 1.31 bits per heavy atom. The normalized spacial score (nSPS) is 21.7. The maximum Gasteiger partial charge on any atom is 0.0701 e. The van der Waals surface area contributed by atoms with Gasteiger partial charge in [0.1, 0.15) is 0 Å². The summed E-state index contributed by atoms with van der Waals surface area (Å²) in [6.07, 6.45) is 2.15. The zero-order chi connectivity index (χ0) is 9.57. The highest BCUT2D eigenvalue weighted by atomic mass is 32.2. The number of methoxy groups -OCH3 is 1. The maximum atomic E-state index is 6.16. The second kappa shape index (κ2) is 5.86. The summed E-state index contributed by atoms with van der Waals surface area (Å²) >= 11 is 1.98. The van der Waals surface area contributed by atoms with Gasteiger partial charge < -0.3 is 15.2 Å². The predicted molar refractivity (Wildman–Crippen MR) is 56.2 cm³/mol. The molecule has 3 nitrogen and oxygen atoms in total. The van der Waals surface area contributed by atoms with Crippen LogP contribution in [-0.4, -0.2) is 44.0 Å². The zero-order valence-electron chi connectivity index (χ0n) is 8.25. The van der Waals surface area contributed by atoms with Crippen molar-refractivity contribution in [3.05, 3.63) is 0 Å². The van der Waals surface area contributed by atoms with E-state index in [4.69, 9.17) is 15.2 Å². The Labute approximate surface area is 84.3 Å². The van der Waals surface area contributed by atoms with Crippen LogP contribution in [0.15, 0.2) is 0 Å². The molecule has 0 saturated carbocycles. The van der Waals surface area contributed by atoms with E-state index in [-0.39, 0.29) is 5.54 Å². The van der Waals surface area contributed by atoms with Crippen molar-refractivity contribution in [2.45, 2.75) is 18.4 Å². The molecule has 1 heterocycles. The fraction of sp³-hybridized carbons (Fsp3) is 1.00. The maximum absolute atomic E-state index is 6.16. The average Bonchev–Trinajstić information content (AvgIpc) is 2.14. The highest BCUT2D eigenvalue weighted by Gasteiger charge is 2.27. The molecule has 0 bridgehead atoms. The van der Waals surface area contributed by atoms with Crippen molar-refractivity contribution in [1.29, 1.82) is 0 Å². The van der Waals surface area contributed by atoms with Gasteiger partial charge >= 0.3 is 0 Å². The molecule has 0 unspecified atom stereocenters. The molecule has 0 amide bonds. The smallest absolute Gasteiger partial charge is 0.0701 e. The first-order valence-corrected chi connectivity index (χ1v) is 5.86. The summed E-state index contributed by atoms with van der Waals surface area (Å²) in [5.74, 6) is 2.34. The van der Waals surface area contributed by atoms with Crippen molar-refractivity contribution < 1.29 is 9.47 Å². The number of hydrogen-bond acceptors (Lipinski definition) is 4. The number of ether oxygens (including phenoxy) is 2. The second-order valence-corrected chi connectivity index (χ2v) is 4.74. The van der Waals surface area contributed by atoms with Crippen LogP contribution >= 0.6 is 11.8 Å². The summed E-state index contributed by atoms with van der Waals surface area (Å²) in [7, 11) is 1.68. The highest BCUT2D eigenvalue weighted by molar-refractivity contribution is 7.99. The van der Waals surface area contributed by atoms with Crippen molar-refractivity contribution in [3.63, 3.8) is 0 Å². The number of nitrogens with two attached hydrogens (primary N) is 1. The molecule has 0 spiro atoms. The molecule has 0 aromatic rings. The van der Waals surface area contributed by atoms with E-state index in [1.807, 2.05) is 11.8 Å². The molecule has 1 aliphatic rings. The van der Waals surface area contributed by atoms with Crippen LogP contribution in [0.5, 0.6) is 0 Å². The van der Waals surface area contributed by atoms with E-state index in [1.165, 1.54) is 11.5 Å². The molecule has 0 aliphatic carbocycles. The summed E-state index contributed by atoms with van der Waals surface area (Å²) in [4.78, 5) is 0. The SMILES string of the molecule is COCCOCC1(N)CCSCC1. The van der Waals surface area contributed by atoms with Crippen molar-refractivity contribution in [3.8, 4) is 0 Å². The van der Waals surface area contributed by atoms with E-state index in [1.54, 1.807) is 7.11 Å². The third kappa shape index (κ3) is 4.31. The molecule has 0 atom stereocenters. The summed E-state index contributed by atoms with van der Waals surface area (Å²) in [6.45, 7) is 1.99. The van der Waals surface area contributed by atoms with Gasteiger partial charge in [-0.1, -0.05) is 0 Å². The lowest BCUT2D eigenvalue weighted by molar-refractivity contribution is 0.0407. The quantitative estimate of drug-likeness (QED) is 0.677. The Hall–Kier alpha value is 0.230. The topological polar surface area (TPSA) is 44.5 Å². The summed E-state index contributed by atoms with van der Waals surface area (Å²) in [5.41, 5.74) is 6.09. The average molecular weight is 205 g/mol. The Balaban J connectivity index is 2.10. The van der Waals surface area contributed by atoms with Crippen molar-refractivity contribution in [2.75, 3.05) is 38.4 Å². The van der Waals surface area contributed by atoms with E-state index in [0.29, 0.717) is 19.8 Å². The van der Waals surface area contributed by atoms with E-state index in [0.717, 1.165) is 12.8 Å². The highest BCUT2D eigenvalue weighted by Crippen LogP contribution is 2.24. The lowest BCUT2D eigenvalue weighted by atomic mass is 9.95. The largest absolute Gasteiger partial charge is 0.382 e. The van der Waals surface area contributed by atoms with Crippen LogP contribution in [0.3, 0.4) is 0 Å². The molecule has 1 fully saturated rings. The van der Waals surface area contributed by atoms with Gasteiger partial charge in [0.25, 0.3) is 0 Å². The van der Waals surface area contributed by atoms with Gasteiger partial charge in [0.15, 0.2) is 0 Å². The van der Waals surface area contributed by atoms with Crippen molar-refractivity contribution in [2.24, 2.45) is 5.73 Å². The standard InChI is InChI=1S/C9H19NO2S/c1-11-4-5-12-8-9(10)2-6-13-7-3-9/h2-8,10H2,1H3. The van der Waals surface area contributed by atoms with Gasteiger partial charge in [0, 0.05) is 12.6 Å². The number of hydrogen-bond donors (Lipinski definition) is 1. The number of thioether (sulfide) groups is 1. The van der Waals surface area contributed by atoms with Gasteiger partial charge in [-0.25, -0.2) is 0 Å². The van der Waals surface area contributed by atoms with Crippen molar-refractivity contribution >= 4 is 11.8 Å². The Bertz CT molecular complexity index is 138. The van der Waals surface area contributed by atoms with Gasteiger partial charge in [0.05, 0.1) is 19.8 Å². The van der Waals surface area contributed by atoms with E-state index in [2.05, 4.69) is 0 Å². The molecule has 2 N–H and O–H groups in total. The zero-order valence-corrected chi connectivity index (χ0v) is 9.07. The Kier molecular flexibility index (Phi) is 5.09. The fourth-order valence-electron chi connectivity index (χ4n) is 1.34. The van der Waals surface area contributed by atoms with Crippen LogP contribution < -0.4 is 5.73 Å². The monoisotopic (exact) mass is 205 g/mol. The molecule has 4 heteroatoms. The summed E-state index contributed by atoms with van der Waals surface area (Å²) < 4.78 is 10.4. The summed E-state index contributed by atoms with van der Waals surface area (Å²) in [6, 6.07) is 0. The minimum Gasteiger partial charge on any atom is -0.382 e. The van der Waals surface area contributed by atoms with Gasteiger partial charge in [-0.3, -0.25) is 0 Å². The van der Waals surface area contributed by atoms with Gasteiger partial charge in [0.2, 0.25) is 0 Å². The minimum atomic E-state index is -0.0704. The molecule has 0 radical (unpaired) electrons. The second-order valence-electron chi connectivity index (χ2n) is 3.52. The molecular formula is C9H19NO2S. The third-order valence-electron chi connectivity index (χ3n) is 2.31. The minimum absolute atomic E-state index is 0.0704. The van der Waals surface area contributed by atoms with Gasteiger partial charge in [-0.15, -0.1) is 0 Å². The molecule has 13 heavy (non-hydrogen) atoms. The number of rotatable bonds is 5. The molecule has 1 aliphatic heterocycles. The van der Waals surface area contributed by atoms with Crippen LogP contribution in [0.1, 0.15) is 12.8 Å². The lowest BCUT2D eigenvalue weighted by Gasteiger charge is -2.32. The van der Waals surface area contributed by atoms with Crippen LogP contribution in [0.2, 0.25) is 0 Å². The van der Waals surface area contributed by atoms with Crippen LogP contribution in [0, 0.1) is 0 Å². The Morgan fingerprint density at radius 3 is 2.62 bits per heavy atom. The van der Waals surface area contributed by atoms with Crippen LogP contribution in [0.4, 0.5) is 0 Å². The lowest BCUT2D eigenvalue weighted by Crippen LogP contribution is -2.47. The molecule has 1 rings (SSSR count). The van der Waals surface area contributed by atoms with E-state index in [9.17, 15) is 0 Å². The molecule has 78 valence electrons. The predicted octanol–water partition coefficient (Wildman–Crippen LogP) is 0.874. The third-order valence-corrected chi connectivity index (χ3v) is 3.30. The van der Waals surface area contributed by atoms with E-state index < -0.39 is 0 Å². The first-order valence-electron chi connectivity index (χ1n) is 4.70. The van der Waals surface area contributed by atoms with E-state index >= 15 is 0 Å². The van der Waals surface area contributed by atoms with Gasteiger partial charge in [-0.05, 0) is 24.3 Å². The molecule has 1 saturated heterocycles. The molecular weight excluding hydrogens is 186 g/mol. The molecule has 0 aromatic heterocycles. The summed E-state index contributed by atoms with van der Waals surface area (Å²) in [5, 5.41) is 0.